The lowest BCUT2D eigenvalue weighted by Crippen LogP contribution is -2.19. The van der Waals surface area contributed by atoms with Gasteiger partial charge in [-0.3, -0.25) is 9.67 Å². The molecule has 0 saturated carbocycles. The van der Waals surface area contributed by atoms with Crippen LogP contribution in [-0.4, -0.2) is 37.3 Å². The lowest BCUT2D eigenvalue weighted by atomic mass is 9.93. The highest BCUT2D eigenvalue weighted by molar-refractivity contribution is 7.99. The largest absolute Gasteiger partial charge is 0.390 e. The number of aromatic nitrogens is 3. The highest BCUT2D eigenvalue weighted by Crippen LogP contribution is 2.47. The van der Waals surface area contributed by atoms with E-state index in [9.17, 15) is 5.11 Å². The number of rotatable bonds is 5. The molecule has 2 atom stereocenters. The third kappa shape index (κ3) is 4.80. The molecule has 1 aliphatic heterocycles. The summed E-state index contributed by atoms with van der Waals surface area (Å²) in [6.45, 7) is 8.15. The SMILES string of the molecule is Cc1cc(CCC(C)(C)O)ccc1[C@@H]1SC[C@@H](C)Nc2c1c(-c1ccccn1)nn2C. The summed E-state index contributed by atoms with van der Waals surface area (Å²) in [6.07, 6.45) is 3.45. The smallest absolute Gasteiger partial charge is 0.129 e. The predicted molar refractivity (Wildman–Crippen MR) is 130 cm³/mol. The van der Waals surface area contributed by atoms with E-state index in [-0.39, 0.29) is 5.25 Å². The zero-order valence-corrected chi connectivity index (χ0v) is 19.8. The number of aryl methyl sites for hydroxylation is 3. The molecule has 0 aliphatic carbocycles. The van der Waals surface area contributed by atoms with Crippen molar-refractivity contribution in [2.75, 3.05) is 11.1 Å². The van der Waals surface area contributed by atoms with Gasteiger partial charge in [-0.25, -0.2) is 0 Å². The van der Waals surface area contributed by atoms with Gasteiger partial charge in [-0.2, -0.15) is 5.10 Å². The van der Waals surface area contributed by atoms with E-state index in [2.05, 4.69) is 42.3 Å². The van der Waals surface area contributed by atoms with Crippen LogP contribution in [0.1, 0.15) is 54.7 Å². The Morgan fingerprint density at radius 2 is 2.06 bits per heavy atom. The third-order valence-corrected chi connectivity index (χ3v) is 7.31. The van der Waals surface area contributed by atoms with Crippen molar-refractivity contribution in [3.63, 3.8) is 0 Å². The molecule has 31 heavy (non-hydrogen) atoms. The number of fused-ring (bicyclic) bond motifs is 1. The van der Waals surface area contributed by atoms with Gasteiger partial charge in [0, 0.05) is 30.6 Å². The number of pyridine rings is 1. The zero-order chi connectivity index (χ0) is 22.2. The Balaban J connectivity index is 1.77. The molecule has 0 fully saturated rings. The quantitative estimate of drug-likeness (QED) is 0.580. The van der Waals surface area contributed by atoms with Crippen LogP contribution in [0.15, 0.2) is 42.6 Å². The van der Waals surface area contributed by atoms with Crippen LogP contribution in [-0.2, 0) is 13.5 Å². The number of aliphatic hydroxyl groups is 1. The van der Waals surface area contributed by atoms with E-state index < -0.39 is 5.60 Å². The second-order valence-corrected chi connectivity index (χ2v) is 10.3. The highest BCUT2D eigenvalue weighted by Gasteiger charge is 2.32. The van der Waals surface area contributed by atoms with Crippen LogP contribution in [0.25, 0.3) is 11.4 Å². The number of nitrogens with one attached hydrogen (secondary N) is 1. The van der Waals surface area contributed by atoms with Crippen molar-refractivity contribution in [3.8, 4) is 11.4 Å². The van der Waals surface area contributed by atoms with Crippen LogP contribution in [0.3, 0.4) is 0 Å². The molecule has 5 nitrogen and oxygen atoms in total. The summed E-state index contributed by atoms with van der Waals surface area (Å²) in [6, 6.07) is 13.1. The van der Waals surface area contributed by atoms with Gasteiger partial charge in [0.05, 0.1) is 16.5 Å². The highest BCUT2D eigenvalue weighted by atomic mass is 32.2. The molecule has 2 aromatic heterocycles. The molecule has 1 aliphatic rings. The Hall–Kier alpha value is -2.31. The monoisotopic (exact) mass is 436 g/mol. The zero-order valence-electron chi connectivity index (χ0n) is 19.0. The summed E-state index contributed by atoms with van der Waals surface area (Å²) < 4.78 is 1.96. The average Bonchev–Trinajstić information content (AvgIpc) is 2.93. The summed E-state index contributed by atoms with van der Waals surface area (Å²) in [5.41, 5.74) is 6.28. The number of benzene rings is 1. The molecule has 0 saturated heterocycles. The van der Waals surface area contributed by atoms with E-state index in [1.807, 2.05) is 61.7 Å². The van der Waals surface area contributed by atoms with Crippen molar-refractivity contribution in [1.82, 2.24) is 14.8 Å². The van der Waals surface area contributed by atoms with E-state index in [1.165, 1.54) is 22.3 Å². The molecule has 0 unspecified atom stereocenters. The van der Waals surface area contributed by atoms with E-state index in [0.29, 0.717) is 6.04 Å². The van der Waals surface area contributed by atoms with Crippen LogP contribution in [0.5, 0.6) is 0 Å². The fourth-order valence-electron chi connectivity index (χ4n) is 4.13. The van der Waals surface area contributed by atoms with Crippen molar-refractivity contribution in [3.05, 3.63) is 64.8 Å². The van der Waals surface area contributed by atoms with Crippen LogP contribution >= 0.6 is 11.8 Å². The Kier molecular flexibility index (Phi) is 6.13. The molecule has 4 rings (SSSR count). The lowest BCUT2D eigenvalue weighted by molar-refractivity contribution is 0.0714. The predicted octanol–water partition coefficient (Wildman–Crippen LogP) is 5.13. The molecule has 0 amide bonds. The first-order valence-electron chi connectivity index (χ1n) is 10.9. The van der Waals surface area contributed by atoms with Crippen molar-refractivity contribution >= 4 is 17.6 Å². The maximum Gasteiger partial charge on any atom is 0.129 e. The van der Waals surface area contributed by atoms with Crippen LogP contribution < -0.4 is 5.32 Å². The first-order chi connectivity index (χ1) is 14.7. The molecule has 2 N–H and O–H groups in total. The molecule has 164 valence electrons. The molecular formula is C25H32N4OS. The third-order valence-electron chi connectivity index (χ3n) is 5.79. The first kappa shape index (κ1) is 21.9. The van der Waals surface area contributed by atoms with Crippen molar-refractivity contribution < 1.29 is 5.11 Å². The van der Waals surface area contributed by atoms with E-state index in [4.69, 9.17) is 5.10 Å². The Morgan fingerprint density at radius 3 is 2.74 bits per heavy atom. The first-order valence-corrected chi connectivity index (χ1v) is 12.0. The van der Waals surface area contributed by atoms with Crippen molar-refractivity contribution in [2.45, 2.75) is 57.4 Å². The van der Waals surface area contributed by atoms with Crippen molar-refractivity contribution in [2.24, 2.45) is 7.05 Å². The minimum Gasteiger partial charge on any atom is -0.390 e. The van der Waals surface area contributed by atoms with Gasteiger partial charge in [0.25, 0.3) is 0 Å². The number of thioether (sulfide) groups is 1. The molecular weight excluding hydrogens is 404 g/mol. The molecule has 1 aromatic carbocycles. The molecule has 3 heterocycles. The molecule has 0 radical (unpaired) electrons. The molecule has 6 heteroatoms. The Morgan fingerprint density at radius 1 is 1.26 bits per heavy atom. The average molecular weight is 437 g/mol. The number of hydrogen-bond acceptors (Lipinski definition) is 5. The van der Waals surface area contributed by atoms with Gasteiger partial charge in [0.1, 0.15) is 11.5 Å². The Bertz CT molecular complexity index is 1060. The molecule has 0 spiro atoms. The maximum atomic E-state index is 10.1. The standard InChI is InChI=1S/C25H32N4OS/c1-16-14-18(11-12-25(3,4)30)9-10-19(16)23-21-22(20-8-6-7-13-26-20)28-29(5)24(21)27-17(2)15-31-23/h6-10,13-14,17,23,27,30H,11-12,15H2,1-5H3/t17-,23+/m1/s1. The molecule has 0 bridgehead atoms. The van der Waals surface area contributed by atoms with Crippen LogP contribution in [0.2, 0.25) is 0 Å². The van der Waals surface area contributed by atoms with Gasteiger partial charge in [-0.05, 0) is 69.4 Å². The molecule has 3 aromatic rings. The Labute approximate surface area is 189 Å². The van der Waals surface area contributed by atoms with Gasteiger partial charge in [-0.15, -0.1) is 11.8 Å². The second-order valence-electron chi connectivity index (χ2n) is 9.21. The number of nitrogens with zero attached hydrogens (tertiary/aromatic N) is 3. The summed E-state index contributed by atoms with van der Waals surface area (Å²) in [5, 5.41) is 18.8. The number of anilines is 1. The fourth-order valence-corrected chi connectivity index (χ4v) is 5.53. The van der Waals surface area contributed by atoms with Crippen LogP contribution in [0.4, 0.5) is 5.82 Å². The lowest BCUT2D eigenvalue weighted by Gasteiger charge is -2.20. The summed E-state index contributed by atoms with van der Waals surface area (Å²) in [7, 11) is 2.00. The summed E-state index contributed by atoms with van der Waals surface area (Å²) in [5.74, 6) is 2.09. The van der Waals surface area contributed by atoms with E-state index >= 15 is 0 Å². The fraction of sp³-hybridized carbons (Fsp3) is 0.440. The minimum atomic E-state index is -0.645. The van der Waals surface area contributed by atoms with E-state index in [1.54, 1.807) is 0 Å². The summed E-state index contributed by atoms with van der Waals surface area (Å²) in [4.78, 5) is 4.60. The topological polar surface area (TPSA) is 63.0 Å². The van der Waals surface area contributed by atoms with Gasteiger partial charge in [-0.1, -0.05) is 24.3 Å². The van der Waals surface area contributed by atoms with Gasteiger partial charge in [0.15, 0.2) is 0 Å². The van der Waals surface area contributed by atoms with E-state index in [0.717, 1.165) is 35.8 Å². The minimum absolute atomic E-state index is 0.182. The maximum absolute atomic E-state index is 10.1. The number of hydrogen-bond donors (Lipinski definition) is 2. The second kappa shape index (κ2) is 8.67. The van der Waals surface area contributed by atoms with Crippen molar-refractivity contribution in [1.29, 1.82) is 0 Å². The van der Waals surface area contributed by atoms with Crippen LogP contribution in [0, 0.1) is 6.92 Å². The van der Waals surface area contributed by atoms with Gasteiger partial charge in [0.2, 0.25) is 0 Å². The van der Waals surface area contributed by atoms with Gasteiger partial charge < -0.3 is 10.4 Å². The van der Waals surface area contributed by atoms with Gasteiger partial charge >= 0.3 is 0 Å². The summed E-state index contributed by atoms with van der Waals surface area (Å²) >= 11 is 1.96. The normalized spacial score (nSPS) is 18.9.